The number of nitrogens with one attached hydrogen (secondary N) is 1. The zero-order chi connectivity index (χ0) is 13.0. The van der Waals surface area contributed by atoms with Crippen LogP contribution in [0, 0.1) is 0 Å². The summed E-state index contributed by atoms with van der Waals surface area (Å²) >= 11 is 0. The number of rotatable bonds is 5. The zero-order valence-corrected chi connectivity index (χ0v) is 11.7. The van der Waals surface area contributed by atoms with Crippen LogP contribution in [0.2, 0.25) is 0 Å². The van der Waals surface area contributed by atoms with Gasteiger partial charge in [-0.2, -0.15) is 0 Å². The predicted molar refractivity (Wildman–Crippen MR) is 79.0 cm³/mol. The summed E-state index contributed by atoms with van der Waals surface area (Å²) in [5.41, 5.74) is 4.35. The first-order valence-corrected chi connectivity index (χ1v) is 7.20. The van der Waals surface area contributed by atoms with Crippen LogP contribution in [-0.2, 0) is 6.42 Å². The normalized spacial score (nSPS) is 20.2. The molecule has 0 heterocycles. The van der Waals surface area contributed by atoms with Crippen molar-refractivity contribution in [2.45, 2.75) is 51.5 Å². The maximum Gasteiger partial charge on any atom is 0.0343 e. The zero-order valence-electron chi connectivity index (χ0n) is 11.7. The van der Waals surface area contributed by atoms with Gasteiger partial charge in [-0.25, -0.2) is 0 Å². The van der Waals surface area contributed by atoms with Crippen molar-refractivity contribution in [1.29, 1.82) is 0 Å². The fourth-order valence-corrected chi connectivity index (χ4v) is 3.10. The van der Waals surface area contributed by atoms with Gasteiger partial charge in [0.1, 0.15) is 0 Å². The third-order valence-corrected chi connectivity index (χ3v) is 3.96. The van der Waals surface area contributed by atoms with Gasteiger partial charge in [-0.1, -0.05) is 43.3 Å². The van der Waals surface area contributed by atoms with E-state index in [0.29, 0.717) is 12.0 Å². The smallest absolute Gasteiger partial charge is 0.0343 e. The van der Waals surface area contributed by atoms with E-state index in [2.05, 4.69) is 50.0 Å². The van der Waals surface area contributed by atoms with Crippen molar-refractivity contribution in [3.63, 3.8) is 0 Å². The van der Waals surface area contributed by atoms with Crippen LogP contribution in [0.5, 0.6) is 0 Å². The van der Waals surface area contributed by atoms with Crippen LogP contribution in [0.25, 0.3) is 0 Å². The fraction of sp³-hybridized carbons (Fsp3) is 0.529. The molecule has 1 N–H and O–H groups in total. The van der Waals surface area contributed by atoms with Crippen molar-refractivity contribution in [2.24, 2.45) is 0 Å². The van der Waals surface area contributed by atoms with Gasteiger partial charge in [-0.05, 0) is 50.3 Å². The highest BCUT2D eigenvalue weighted by atomic mass is 14.9. The lowest BCUT2D eigenvalue weighted by Crippen LogP contribution is -2.37. The molecule has 1 aliphatic carbocycles. The van der Waals surface area contributed by atoms with Crippen LogP contribution < -0.4 is 5.32 Å². The van der Waals surface area contributed by atoms with Crippen molar-refractivity contribution >= 4 is 0 Å². The number of benzene rings is 1. The molecule has 98 valence electrons. The second-order valence-corrected chi connectivity index (χ2v) is 5.48. The second kappa shape index (κ2) is 6.19. The van der Waals surface area contributed by atoms with Gasteiger partial charge >= 0.3 is 0 Å². The summed E-state index contributed by atoms with van der Waals surface area (Å²) in [6.07, 6.45) is 5.01. The SMILES string of the molecule is C=C(C)C(NCCC)C1CCCc2ccccc21. The monoisotopic (exact) mass is 243 g/mol. The molecule has 0 saturated heterocycles. The number of hydrogen-bond acceptors (Lipinski definition) is 1. The number of hydrogen-bond donors (Lipinski definition) is 1. The summed E-state index contributed by atoms with van der Waals surface area (Å²) in [7, 11) is 0. The third-order valence-electron chi connectivity index (χ3n) is 3.96. The Morgan fingerprint density at radius 2 is 2.22 bits per heavy atom. The van der Waals surface area contributed by atoms with E-state index < -0.39 is 0 Å². The molecule has 1 aromatic rings. The lowest BCUT2D eigenvalue weighted by molar-refractivity contribution is 0.430. The number of fused-ring (bicyclic) bond motifs is 1. The summed E-state index contributed by atoms with van der Waals surface area (Å²) in [5.74, 6) is 0.610. The molecule has 2 rings (SSSR count). The van der Waals surface area contributed by atoms with E-state index in [1.807, 2.05) is 0 Å². The molecule has 18 heavy (non-hydrogen) atoms. The summed E-state index contributed by atoms with van der Waals surface area (Å²) in [6.45, 7) is 9.65. The fourth-order valence-electron chi connectivity index (χ4n) is 3.10. The first-order valence-electron chi connectivity index (χ1n) is 7.20. The van der Waals surface area contributed by atoms with Gasteiger partial charge in [-0.15, -0.1) is 0 Å². The Kier molecular flexibility index (Phi) is 4.60. The van der Waals surface area contributed by atoms with Gasteiger partial charge < -0.3 is 5.32 Å². The van der Waals surface area contributed by atoms with E-state index in [1.165, 1.54) is 31.3 Å². The molecule has 1 aromatic carbocycles. The highest BCUT2D eigenvalue weighted by Gasteiger charge is 2.27. The average molecular weight is 243 g/mol. The summed E-state index contributed by atoms with van der Waals surface area (Å²) in [5, 5.41) is 3.68. The Hall–Kier alpha value is -1.08. The Labute approximate surface area is 111 Å². The largest absolute Gasteiger partial charge is 0.310 e. The molecule has 0 radical (unpaired) electrons. The minimum absolute atomic E-state index is 0.436. The topological polar surface area (TPSA) is 12.0 Å². The molecule has 1 nitrogen and oxygen atoms in total. The Balaban J connectivity index is 2.23. The minimum Gasteiger partial charge on any atom is -0.310 e. The average Bonchev–Trinajstić information content (AvgIpc) is 2.39. The standard InChI is InChI=1S/C17H25N/c1-4-12-18-17(13(2)3)16-11-7-9-14-8-5-6-10-15(14)16/h5-6,8,10,16-18H,2,4,7,9,11-12H2,1,3H3. The highest BCUT2D eigenvalue weighted by molar-refractivity contribution is 5.35. The van der Waals surface area contributed by atoms with E-state index in [0.717, 1.165) is 6.54 Å². The number of aryl methyl sites for hydroxylation is 1. The van der Waals surface area contributed by atoms with Gasteiger partial charge in [0.2, 0.25) is 0 Å². The summed E-state index contributed by atoms with van der Waals surface area (Å²) in [6, 6.07) is 9.37. The van der Waals surface area contributed by atoms with E-state index in [1.54, 1.807) is 11.1 Å². The maximum atomic E-state index is 4.19. The van der Waals surface area contributed by atoms with Crippen LogP contribution in [0.15, 0.2) is 36.4 Å². The predicted octanol–water partition coefficient (Wildman–Crippen LogP) is 4.05. The third kappa shape index (κ3) is 2.84. The van der Waals surface area contributed by atoms with E-state index in [4.69, 9.17) is 0 Å². The molecule has 0 spiro atoms. The Morgan fingerprint density at radius 3 is 2.94 bits per heavy atom. The van der Waals surface area contributed by atoms with Crippen LogP contribution in [0.4, 0.5) is 0 Å². The minimum atomic E-state index is 0.436. The van der Waals surface area contributed by atoms with Crippen LogP contribution in [0.3, 0.4) is 0 Å². The van der Waals surface area contributed by atoms with Gasteiger partial charge in [0.25, 0.3) is 0 Å². The van der Waals surface area contributed by atoms with Gasteiger partial charge in [0, 0.05) is 12.0 Å². The summed E-state index contributed by atoms with van der Waals surface area (Å²) < 4.78 is 0. The van der Waals surface area contributed by atoms with Crippen molar-refractivity contribution in [3.8, 4) is 0 Å². The van der Waals surface area contributed by atoms with Crippen LogP contribution in [-0.4, -0.2) is 12.6 Å². The van der Waals surface area contributed by atoms with Gasteiger partial charge in [0.15, 0.2) is 0 Å². The van der Waals surface area contributed by atoms with Crippen LogP contribution >= 0.6 is 0 Å². The Bertz CT molecular complexity index is 408. The van der Waals surface area contributed by atoms with Crippen LogP contribution in [0.1, 0.15) is 50.2 Å². The van der Waals surface area contributed by atoms with E-state index in [9.17, 15) is 0 Å². The van der Waals surface area contributed by atoms with Crippen molar-refractivity contribution in [1.82, 2.24) is 5.32 Å². The molecule has 0 aromatic heterocycles. The molecule has 0 fully saturated rings. The maximum absolute atomic E-state index is 4.19. The highest BCUT2D eigenvalue weighted by Crippen LogP contribution is 2.35. The summed E-state index contributed by atoms with van der Waals surface area (Å²) in [4.78, 5) is 0. The molecular weight excluding hydrogens is 218 g/mol. The van der Waals surface area contributed by atoms with E-state index in [-0.39, 0.29) is 0 Å². The van der Waals surface area contributed by atoms with Gasteiger partial charge in [-0.3, -0.25) is 0 Å². The molecule has 2 unspecified atom stereocenters. The first-order chi connectivity index (χ1) is 8.74. The van der Waals surface area contributed by atoms with Crippen molar-refractivity contribution in [3.05, 3.63) is 47.5 Å². The van der Waals surface area contributed by atoms with Crippen molar-refractivity contribution in [2.75, 3.05) is 6.54 Å². The van der Waals surface area contributed by atoms with E-state index >= 15 is 0 Å². The lowest BCUT2D eigenvalue weighted by Gasteiger charge is -2.33. The molecule has 0 bridgehead atoms. The molecule has 0 amide bonds. The lowest BCUT2D eigenvalue weighted by atomic mass is 9.77. The molecule has 0 saturated carbocycles. The molecule has 2 atom stereocenters. The first kappa shape index (κ1) is 13.4. The quantitative estimate of drug-likeness (QED) is 0.769. The molecule has 1 heteroatoms. The molecular formula is C17H25N. The molecule has 1 aliphatic rings. The molecule has 0 aliphatic heterocycles. The van der Waals surface area contributed by atoms with Gasteiger partial charge in [0.05, 0.1) is 0 Å². The second-order valence-electron chi connectivity index (χ2n) is 5.48. The Morgan fingerprint density at radius 1 is 1.44 bits per heavy atom. The van der Waals surface area contributed by atoms with Crippen molar-refractivity contribution < 1.29 is 0 Å².